The molecule has 1 atom stereocenters. The Labute approximate surface area is 168 Å². The summed E-state index contributed by atoms with van der Waals surface area (Å²) < 4.78 is 21.0. The van der Waals surface area contributed by atoms with Crippen molar-refractivity contribution >= 4 is 11.9 Å². The van der Waals surface area contributed by atoms with Crippen LogP contribution in [0.5, 0.6) is 11.5 Å². The monoisotopic (exact) mass is 419 g/mol. The van der Waals surface area contributed by atoms with E-state index in [9.17, 15) is 5.11 Å². The molecule has 29 heavy (non-hydrogen) atoms. The average Bonchev–Trinajstić information content (AvgIpc) is 2.70. The van der Waals surface area contributed by atoms with Crippen LogP contribution in [0.1, 0.15) is 5.56 Å². The first kappa shape index (κ1) is 26.6. The Morgan fingerprint density at radius 2 is 1.69 bits per heavy atom. The summed E-state index contributed by atoms with van der Waals surface area (Å²) in [5, 5.41) is 36.2. The van der Waals surface area contributed by atoms with Gasteiger partial charge in [-0.1, -0.05) is 6.07 Å². The molecule has 11 heteroatoms. The number of hydrogen-bond acceptors (Lipinski definition) is 9. The maximum absolute atomic E-state index is 9.80. The van der Waals surface area contributed by atoms with Crippen LogP contribution in [-0.2, 0) is 25.7 Å². The van der Waals surface area contributed by atoms with Crippen LogP contribution < -0.4 is 14.8 Å². The van der Waals surface area contributed by atoms with Gasteiger partial charge in [0.2, 0.25) is 0 Å². The number of ether oxygens (including phenoxy) is 4. The molecule has 0 heterocycles. The molecule has 166 valence electrons. The van der Waals surface area contributed by atoms with Gasteiger partial charge in [0.05, 0.1) is 53.4 Å². The van der Waals surface area contributed by atoms with Crippen LogP contribution in [0.3, 0.4) is 0 Å². The highest BCUT2D eigenvalue weighted by Gasteiger charge is 2.07. The summed E-state index contributed by atoms with van der Waals surface area (Å²) in [7, 11) is 3.18. The van der Waals surface area contributed by atoms with Gasteiger partial charge in [-0.15, -0.1) is 0 Å². The van der Waals surface area contributed by atoms with E-state index in [0.717, 1.165) is 5.56 Å². The zero-order valence-corrected chi connectivity index (χ0v) is 16.5. The molecule has 5 N–H and O–H groups in total. The molecule has 0 amide bonds. The topological polar surface area (TPSA) is 164 Å². The van der Waals surface area contributed by atoms with Crippen LogP contribution in [0.4, 0.5) is 0 Å². The molecule has 0 aliphatic carbocycles. The van der Waals surface area contributed by atoms with Crippen molar-refractivity contribution in [2.24, 2.45) is 0 Å². The summed E-state index contributed by atoms with van der Waals surface area (Å²) in [5.74, 6) is -2.33. The molecule has 0 aliphatic heterocycles. The Hall–Kier alpha value is -2.44. The Balaban J connectivity index is 0.00000113. The Morgan fingerprint density at radius 1 is 1.03 bits per heavy atom. The fraction of sp³-hybridized carbons (Fsp3) is 0.556. The van der Waals surface area contributed by atoms with Crippen molar-refractivity contribution in [1.29, 1.82) is 0 Å². The largest absolute Gasteiger partial charge is 0.493 e. The Kier molecular flexibility index (Phi) is 15.1. The molecule has 1 rings (SSSR count). The third kappa shape index (κ3) is 13.4. The SMILES string of the molecule is COc1ccc(COCC(O)CNCCOCCO)cc1OC.O=C(O)C(=O)O. The zero-order chi connectivity index (χ0) is 22.1. The van der Waals surface area contributed by atoms with Gasteiger partial charge in [-0.3, -0.25) is 0 Å². The van der Waals surface area contributed by atoms with Gasteiger partial charge in [0, 0.05) is 13.1 Å². The van der Waals surface area contributed by atoms with E-state index in [2.05, 4.69) is 5.32 Å². The fourth-order valence-corrected chi connectivity index (χ4v) is 1.92. The first-order chi connectivity index (χ1) is 13.8. The number of aliphatic carboxylic acids is 2. The minimum atomic E-state index is -1.82. The maximum Gasteiger partial charge on any atom is 0.414 e. The van der Waals surface area contributed by atoms with Crippen molar-refractivity contribution in [1.82, 2.24) is 5.32 Å². The van der Waals surface area contributed by atoms with Crippen molar-refractivity contribution < 1.29 is 49.0 Å². The van der Waals surface area contributed by atoms with E-state index >= 15 is 0 Å². The molecule has 0 bridgehead atoms. The summed E-state index contributed by atoms with van der Waals surface area (Å²) in [6, 6.07) is 5.56. The number of aliphatic hydroxyl groups is 2. The Morgan fingerprint density at radius 3 is 2.24 bits per heavy atom. The normalized spacial score (nSPS) is 11.2. The number of methoxy groups -OCH3 is 2. The lowest BCUT2D eigenvalue weighted by molar-refractivity contribution is -0.159. The van der Waals surface area contributed by atoms with E-state index in [4.69, 9.17) is 43.9 Å². The number of carbonyl (C=O) groups is 2. The number of carboxylic acids is 2. The second-order valence-corrected chi connectivity index (χ2v) is 5.51. The third-order valence-corrected chi connectivity index (χ3v) is 3.25. The van der Waals surface area contributed by atoms with Crippen LogP contribution in [0.2, 0.25) is 0 Å². The number of aliphatic hydroxyl groups excluding tert-OH is 2. The minimum Gasteiger partial charge on any atom is -0.493 e. The molecule has 1 unspecified atom stereocenters. The highest BCUT2D eigenvalue weighted by Crippen LogP contribution is 2.27. The first-order valence-electron chi connectivity index (χ1n) is 8.67. The minimum absolute atomic E-state index is 0.0204. The average molecular weight is 419 g/mol. The van der Waals surface area contributed by atoms with Crippen molar-refractivity contribution in [3.63, 3.8) is 0 Å². The molecular formula is C18H29NO10. The van der Waals surface area contributed by atoms with Gasteiger partial charge in [-0.05, 0) is 17.7 Å². The van der Waals surface area contributed by atoms with Gasteiger partial charge in [0.15, 0.2) is 11.5 Å². The van der Waals surface area contributed by atoms with Crippen LogP contribution in [0, 0.1) is 0 Å². The quantitative estimate of drug-likeness (QED) is 0.203. The standard InChI is InChI=1S/C16H27NO6.C2H2O4/c1-20-15-4-3-13(9-16(15)21-2)11-23-12-14(19)10-17-5-7-22-8-6-18;3-1(4)2(5)6/h3-4,9,14,17-19H,5-8,10-12H2,1-2H3;(H,3,4)(H,5,6). The summed E-state index contributed by atoms with van der Waals surface area (Å²) in [6.07, 6.45) is -0.590. The second kappa shape index (κ2) is 16.5. The molecule has 1 aromatic carbocycles. The van der Waals surface area contributed by atoms with Crippen LogP contribution >= 0.6 is 0 Å². The number of benzene rings is 1. The maximum atomic E-state index is 9.80. The van der Waals surface area contributed by atoms with Gasteiger partial charge in [-0.2, -0.15) is 0 Å². The summed E-state index contributed by atoms with van der Waals surface area (Å²) in [6.45, 7) is 2.52. The van der Waals surface area contributed by atoms with E-state index in [-0.39, 0.29) is 13.2 Å². The summed E-state index contributed by atoms with van der Waals surface area (Å²) >= 11 is 0. The van der Waals surface area contributed by atoms with Gasteiger partial charge in [-0.25, -0.2) is 9.59 Å². The van der Waals surface area contributed by atoms with Gasteiger partial charge in [0.1, 0.15) is 0 Å². The van der Waals surface area contributed by atoms with E-state index in [0.29, 0.717) is 44.4 Å². The molecule has 0 aromatic heterocycles. The zero-order valence-electron chi connectivity index (χ0n) is 16.5. The highest BCUT2D eigenvalue weighted by atomic mass is 16.5. The molecule has 0 fully saturated rings. The van der Waals surface area contributed by atoms with Crippen molar-refractivity contribution in [2.75, 3.05) is 53.7 Å². The highest BCUT2D eigenvalue weighted by molar-refractivity contribution is 6.27. The lowest BCUT2D eigenvalue weighted by atomic mass is 10.2. The van der Waals surface area contributed by atoms with Crippen molar-refractivity contribution in [3.8, 4) is 11.5 Å². The molecule has 0 saturated heterocycles. The number of carboxylic acid groups (broad SMARTS) is 2. The van der Waals surface area contributed by atoms with Crippen molar-refractivity contribution in [3.05, 3.63) is 23.8 Å². The lowest BCUT2D eigenvalue weighted by Gasteiger charge is -2.13. The third-order valence-electron chi connectivity index (χ3n) is 3.25. The van der Waals surface area contributed by atoms with Gasteiger partial charge < -0.3 is 44.7 Å². The van der Waals surface area contributed by atoms with Crippen LogP contribution in [0.15, 0.2) is 18.2 Å². The number of hydrogen-bond donors (Lipinski definition) is 5. The molecule has 0 radical (unpaired) electrons. The molecule has 0 spiro atoms. The predicted octanol–water partition coefficient (Wildman–Crippen LogP) is -0.665. The van der Waals surface area contributed by atoms with Crippen molar-refractivity contribution in [2.45, 2.75) is 12.7 Å². The lowest BCUT2D eigenvalue weighted by Crippen LogP contribution is -2.32. The van der Waals surface area contributed by atoms with Crippen LogP contribution in [0.25, 0.3) is 0 Å². The second-order valence-electron chi connectivity index (χ2n) is 5.51. The van der Waals surface area contributed by atoms with E-state index in [1.165, 1.54) is 0 Å². The number of nitrogens with one attached hydrogen (secondary N) is 1. The smallest absolute Gasteiger partial charge is 0.414 e. The number of rotatable bonds is 13. The molecular weight excluding hydrogens is 390 g/mol. The molecule has 0 saturated carbocycles. The Bertz CT molecular complexity index is 584. The predicted molar refractivity (Wildman–Crippen MR) is 101 cm³/mol. The van der Waals surface area contributed by atoms with E-state index in [1.807, 2.05) is 18.2 Å². The van der Waals surface area contributed by atoms with Gasteiger partial charge >= 0.3 is 11.9 Å². The molecule has 0 aliphatic rings. The summed E-state index contributed by atoms with van der Waals surface area (Å²) in [4.78, 5) is 18.2. The summed E-state index contributed by atoms with van der Waals surface area (Å²) in [5.41, 5.74) is 0.945. The first-order valence-corrected chi connectivity index (χ1v) is 8.67. The van der Waals surface area contributed by atoms with Crippen LogP contribution in [-0.4, -0.2) is 92.2 Å². The van der Waals surface area contributed by atoms with E-state index < -0.39 is 18.0 Å². The van der Waals surface area contributed by atoms with Gasteiger partial charge in [0.25, 0.3) is 0 Å². The van der Waals surface area contributed by atoms with E-state index in [1.54, 1.807) is 14.2 Å². The molecule has 11 nitrogen and oxygen atoms in total. The fourth-order valence-electron chi connectivity index (χ4n) is 1.92. The molecule has 1 aromatic rings.